The van der Waals surface area contributed by atoms with E-state index in [1.54, 1.807) is 7.11 Å². The van der Waals surface area contributed by atoms with Gasteiger partial charge in [0, 0.05) is 17.8 Å². The Hall–Kier alpha value is -2.09. The SMILES string of the molecule is CCCCCc1cnc(/C=C/c2ccccc2)cc1OC. The lowest BCUT2D eigenvalue weighted by molar-refractivity contribution is 0.408. The monoisotopic (exact) mass is 281 g/mol. The van der Waals surface area contributed by atoms with Crippen molar-refractivity contribution in [2.75, 3.05) is 7.11 Å². The largest absolute Gasteiger partial charge is 0.496 e. The smallest absolute Gasteiger partial charge is 0.125 e. The van der Waals surface area contributed by atoms with Crippen molar-refractivity contribution < 1.29 is 4.74 Å². The minimum atomic E-state index is 0.926. The molecule has 0 aliphatic rings. The molecule has 2 rings (SSSR count). The molecule has 0 aliphatic heterocycles. The average molecular weight is 281 g/mol. The van der Waals surface area contributed by atoms with Crippen LogP contribution < -0.4 is 4.74 Å². The van der Waals surface area contributed by atoms with E-state index in [0.717, 1.165) is 17.9 Å². The number of unbranched alkanes of at least 4 members (excludes halogenated alkanes) is 2. The zero-order valence-corrected chi connectivity index (χ0v) is 12.9. The first-order valence-corrected chi connectivity index (χ1v) is 7.59. The summed E-state index contributed by atoms with van der Waals surface area (Å²) in [6, 6.07) is 12.2. The third-order valence-corrected chi connectivity index (χ3v) is 3.48. The molecule has 0 aliphatic carbocycles. The van der Waals surface area contributed by atoms with Crippen molar-refractivity contribution in [1.82, 2.24) is 4.98 Å². The molecule has 1 aromatic heterocycles. The molecule has 0 N–H and O–H groups in total. The lowest BCUT2D eigenvalue weighted by Crippen LogP contribution is -1.95. The molecular weight excluding hydrogens is 258 g/mol. The van der Waals surface area contributed by atoms with Gasteiger partial charge in [0.15, 0.2) is 0 Å². The van der Waals surface area contributed by atoms with E-state index in [0.29, 0.717) is 0 Å². The topological polar surface area (TPSA) is 22.1 Å². The van der Waals surface area contributed by atoms with Gasteiger partial charge in [-0.2, -0.15) is 0 Å². The second kappa shape index (κ2) is 8.25. The number of benzene rings is 1. The molecule has 110 valence electrons. The van der Waals surface area contributed by atoms with E-state index in [1.807, 2.05) is 36.5 Å². The highest BCUT2D eigenvalue weighted by molar-refractivity contribution is 5.68. The minimum absolute atomic E-state index is 0.926. The van der Waals surface area contributed by atoms with Crippen molar-refractivity contribution in [2.24, 2.45) is 0 Å². The van der Waals surface area contributed by atoms with E-state index in [4.69, 9.17) is 4.74 Å². The maximum atomic E-state index is 5.49. The second-order valence-electron chi connectivity index (χ2n) is 5.12. The van der Waals surface area contributed by atoms with Gasteiger partial charge >= 0.3 is 0 Å². The summed E-state index contributed by atoms with van der Waals surface area (Å²) in [7, 11) is 1.73. The number of aryl methyl sites for hydroxylation is 1. The van der Waals surface area contributed by atoms with Crippen LogP contribution in [0.15, 0.2) is 42.6 Å². The Morgan fingerprint density at radius 1 is 1.10 bits per heavy atom. The number of hydrogen-bond donors (Lipinski definition) is 0. The number of rotatable bonds is 7. The number of ether oxygens (including phenoxy) is 1. The van der Waals surface area contributed by atoms with Gasteiger partial charge in [0.1, 0.15) is 5.75 Å². The summed E-state index contributed by atoms with van der Waals surface area (Å²) in [4.78, 5) is 4.51. The summed E-state index contributed by atoms with van der Waals surface area (Å²) in [6.45, 7) is 2.22. The van der Waals surface area contributed by atoms with Gasteiger partial charge in [0.05, 0.1) is 12.8 Å². The fourth-order valence-electron chi connectivity index (χ4n) is 2.26. The third-order valence-electron chi connectivity index (χ3n) is 3.48. The fraction of sp³-hybridized carbons (Fsp3) is 0.316. The summed E-state index contributed by atoms with van der Waals surface area (Å²) in [5.41, 5.74) is 3.29. The zero-order chi connectivity index (χ0) is 14.9. The van der Waals surface area contributed by atoms with E-state index in [1.165, 1.54) is 30.4 Å². The lowest BCUT2D eigenvalue weighted by atomic mass is 10.1. The second-order valence-corrected chi connectivity index (χ2v) is 5.12. The first kappa shape index (κ1) is 15.3. The van der Waals surface area contributed by atoms with Crippen molar-refractivity contribution in [3.8, 4) is 5.75 Å². The van der Waals surface area contributed by atoms with Crippen LogP contribution >= 0.6 is 0 Å². The standard InChI is InChI=1S/C19H23NO/c1-3-4-6-11-17-15-20-18(14-19(17)21-2)13-12-16-9-7-5-8-10-16/h5,7-10,12-15H,3-4,6,11H2,1-2H3/b13-12+. The average Bonchev–Trinajstić information content (AvgIpc) is 2.55. The molecule has 2 aromatic rings. The Morgan fingerprint density at radius 2 is 1.90 bits per heavy atom. The molecule has 0 amide bonds. The highest BCUT2D eigenvalue weighted by atomic mass is 16.5. The quantitative estimate of drug-likeness (QED) is 0.667. The number of methoxy groups -OCH3 is 1. The van der Waals surface area contributed by atoms with Crippen molar-refractivity contribution in [3.63, 3.8) is 0 Å². The summed E-state index contributed by atoms with van der Waals surface area (Å²) >= 11 is 0. The molecule has 2 heteroatoms. The van der Waals surface area contributed by atoms with Gasteiger partial charge in [0.2, 0.25) is 0 Å². The van der Waals surface area contributed by atoms with Crippen LogP contribution in [0.5, 0.6) is 5.75 Å². The van der Waals surface area contributed by atoms with Crippen molar-refractivity contribution in [2.45, 2.75) is 32.6 Å². The van der Waals surface area contributed by atoms with Crippen LogP contribution in [0.3, 0.4) is 0 Å². The molecular formula is C19H23NO. The van der Waals surface area contributed by atoms with Gasteiger partial charge in [-0.1, -0.05) is 56.2 Å². The summed E-state index contributed by atoms with van der Waals surface area (Å²) in [6.07, 6.45) is 10.7. The van der Waals surface area contributed by atoms with Crippen LogP contribution in [-0.4, -0.2) is 12.1 Å². The van der Waals surface area contributed by atoms with Crippen LogP contribution in [-0.2, 0) is 6.42 Å². The molecule has 0 saturated heterocycles. The summed E-state index contributed by atoms with van der Waals surface area (Å²) in [5.74, 6) is 0.939. The fourth-order valence-corrected chi connectivity index (χ4v) is 2.26. The van der Waals surface area contributed by atoms with Crippen LogP contribution in [0.2, 0.25) is 0 Å². The third kappa shape index (κ3) is 4.75. The van der Waals surface area contributed by atoms with E-state index in [-0.39, 0.29) is 0 Å². The molecule has 1 heterocycles. The maximum absolute atomic E-state index is 5.49. The Bertz CT molecular complexity index is 575. The zero-order valence-electron chi connectivity index (χ0n) is 12.9. The molecule has 21 heavy (non-hydrogen) atoms. The van der Waals surface area contributed by atoms with Crippen LogP contribution in [0.1, 0.15) is 43.0 Å². The van der Waals surface area contributed by atoms with E-state index >= 15 is 0 Å². The molecule has 0 spiro atoms. The van der Waals surface area contributed by atoms with E-state index in [9.17, 15) is 0 Å². The molecule has 0 radical (unpaired) electrons. The predicted octanol–water partition coefficient (Wildman–Crippen LogP) is 4.99. The number of aromatic nitrogens is 1. The van der Waals surface area contributed by atoms with Crippen molar-refractivity contribution >= 4 is 12.2 Å². The van der Waals surface area contributed by atoms with E-state index < -0.39 is 0 Å². The first-order valence-electron chi connectivity index (χ1n) is 7.59. The highest BCUT2D eigenvalue weighted by Crippen LogP contribution is 2.21. The minimum Gasteiger partial charge on any atom is -0.496 e. The Labute approximate surface area is 127 Å². The maximum Gasteiger partial charge on any atom is 0.125 e. The van der Waals surface area contributed by atoms with Gasteiger partial charge in [-0.05, 0) is 24.5 Å². The van der Waals surface area contributed by atoms with Crippen LogP contribution in [0, 0.1) is 0 Å². The summed E-state index contributed by atoms with van der Waals surface area (Å²) in [5, 5.41) is 0. The first-order chi connectivity index (χ1) is 10.3. The van der Waals surface area contributed by atoms with Gasteiger partial charge in [-0.25, -0.2) is 0 Å². The van der Waals surface area contributed by atoms with E-state index in [2.05, 4.69) is 30.1 Å². The Morgan fingerprint density at radius 3 is 2.62 bits per heavy atom. The normalized spacial score (nSPS) is 11.0. The van der Waals surface area contributed by atoms with Gasteiger partial charge in [-0.15, -0.1) is 0 Å². The molecule has 1 aromatic carbocycles. The predicted molar refractivity (Wildman–Crippen MR) is 89.4 cm³/mol. The molecule has 0 atom stereocenters. The van der Waals surface area contributed by atoms with Gasteiger partial charge in [-0.3, -0.25) is 4.98 Å². The van der Waals surface area contributed by atoms with Gasteiger partial charge < -0.3 is 4.74 Å². The highest BCUT2D eigenvalue weighted by Gasteiger charge is 2.04. The molecule has 0 bridgehead atoms. The molecule has 0 unspecified atom stereocenters. The molecule has 2 nitrogen and oxygen atoms in total. The Kier molecular flexibility index (Phi) is 6.01. The molecule has 0 saturated carbocycles. The lowest BCUT2D eigenvalue weighted by Gasteiger charge is -2.08. The number of nitrogens with zero attached hydrogens (tertiary/aromatic N) is 1. The summed E-state index contributed by atoms with van der Waals surface area (Å²) < 4.78 is 5.49. The number of pyridine rings is 1. The van der Waals surface area contributed by atoms with Gasteiger partial charge in [0.25, 0.3) is 0 Å². The number of hydrogen-bond acceptors (Lipinski definition) is 2. The van der Waals surface area contributed by atoms with Crippen LogP contribution in [0.25, 0.3) is 12.2 Å². The van der Waals surface area contributed by atoms with Crippen LogP contribution in [0.4, 0.5) is 0 Å². The Balaban J connectivity index is 2.09. The van der Waals surface area contributed by atoms with Crippen molar-refractivity contribution in [1.29, 1.82) is 0 Å². The molecule has 0 fully saturated rings. The van der Waals surface area contributed by atoms with Crippen molar-refractivity contribution in [3.05, 3.63) is 59.4 Å².